The van der Waals surface area contributed by atoms with E-state index in [9.17, 15) is 9.59 Å². The van der Waals surface area contributed by atoms with Gasteiger partial charge in [0.1, 0.15) is 0 Å². The van der Waals surface area contributed by atoms with Crippen molar-refractivity contribution in [3.05, 3.63) is 77.1 Å². The lowest BCUT2D eigenvalue weighted by molar-refractivity contribution is 0.0959. The van der Waals surface area contributed by atoms with Gasteiger partial charge in [-0.05, 0) is 43.5 Å². The number of carbonyl (C=O) groups is 2. The van der Waals surface area contributed by atoms with Crippen molar-refractivity contribution in [1.29, 1.82) is 0 Å². The van der Waals surface area contributed by atoms with Crippen molar-refractivity contribution in [2.45, 2.75) is 19.3 Å². The molecule has 29 heavy (non-hydrogen) atoms. The summed E-state index contributed by atoms with van der Waals surface area (Å²) < 4.78 is 1.85. The molecule has 2 N–H and O–H groups in total. The van der Waals surface area contributed by atoms with Gasteiger partial charge in [0.05, 0.1) is 23.5 Å². The summed E-state index contributed by atoms with van der Waals surface area (Å²) in [6.45, 7) is 0.121. The maximum absolute atomic E-state index is 13.1. The fourth-order valence-corrected chi connectivity index (χ4v) is 3.60. The molecule has 0 bridgehead atoms. The molecule has 0 fully saturated rings. The van der Waals surface area contributed by atoms with E-state index in [1.807, 2.05) is 35.0 Å². The number of hydrogen-bond acceptors (Lipinski definition) is 3. The Balaban J connectivity index is 1.64. The first-order chi connectivity index (χ1) is 14.2. The van der Waals surface area contributed by atoms with Gasteiger partial charge in [-0.15, -0.1) is 6.42 Å². The summed E-state index contributed by atoms with van der Waals surface area (Å²) in [5.41, 5.74) is 4.16. The summed E-state index contributed by atoms with van der Waals surface area (Å²) in [5.74, 6) is 1.71. The fourth-order valence-electron chi connectivity index (χ4n) is 3.60. The van der Waals surface area contributed by atoms with Gasteiger partial charge in [0.2, 0.25) is 0 Å². The molecular weight excluding hydrogens is 364 g/mol. The molecule has 0 atom stereocenters. The normalized spacial score (nSPS) is 12.1. The summed E-state index contributed by atoms with van der Waals surface area (Å²) in [6, 6.07) is 16.6. The summed E-state index contributed by atoms with van der Waals surface area (Å²) in [4.78, 5) is 25.4. The van der Waals surface area contributed by atoms with Crippen LogP contribution >= 0.6 is 0 Å². The molecule has 1 aliphatic rings. The minimum atomic E-state index is -0.334. The van der Waals surface area contributed by atoms with Gasteiger partial charge >= 0.3 is 0 Å². The zero-order valence-electron chi connectivity index (χ0n) is 15.8. The number of hydrogen-bond donors (Lipinski definition) is 2. The summed E-state index contributed by atoms with van der Waals surface area (Å²) in [5, 5.41) is 10.1. The summed E-state index contributed by atoms with van der Waals surface area (Å²) in [7, 11) is 0. The second-order valence-electron chi connectivity index (χ2n) is 6.76. The van der Waals surface area contributed by atoms with Gasteiger partial charge in [0, 0.05) is 11.3 Å². The lowest BCUT2D eigenvalue weighted by Crippen LogP contribution is -2.25. The third kappa shape index (κ3) is 3.63. The molecule has 6 heteroatoms. The van der Waals surface area contributed by atoms with Crippen molar-refractivity contribution < 1.29 is 9.59 Å². The fraction of sp³-hybridized carbons (Fsp3) is 0.174. The largest absolute Gasteiger partial charge is 0.341 e. The van der Waals surface area contributed by atoms with Gasteiger partial charge < -0.3 is 10.6 Å². The van der Waals surface area contributed by atoms with E-state index in [0.717, 1.165) is 36.2 Å². The number of para-hydroxylation sites is 2. The Morgan fingerprint density at radius 2 is 1.79 bits per heavy atom. The van der Waals surface area contributed by atoms with E-state index in [1.165, 1.54) is 0 Å². The zero-order chi connectivity index (χ0) is 20.2. The van der Waals surface area contributed by atoms with Crippen molar-refractivity contribution >= 4 is 17.5 Å². The Bertz CT molecular complexity index is 1110. The average Bonchev–Trinajstić information content (AvgIpc) is 3.36. The molecule has 2 amide bonds. The van der Waals surface area contributed by atoms with Crippen LogP contribution in [0.2, 0.25) is 0 Å². The molecule has 1 aromatic heterocycles. The van der Waals surface area contributed by atoms with Crippen LogP contribution in [0.1, 0.15) is 38.5 Å². The van der Waals surface area contributed by atoms with E-state index in [-0.39, 0.29) is 18.4 Å². The van der Waals surface area contributed by atoms with Crippen molar-refractivity contribution in [3.8, 4) is 18.0 Å². The molecular formula is C23H20N4O2. The molecule has 3 aromatic rings. The molecule has 0 unspecified atom stereocenters. The number of fused-ring (bicyclic) bond motifs is 1. The minimum absolute atomic E-state index is 0.121. The number of terminal acetylenes is 1. The van der Waals surface area contributed by atoms with Crippen LogP contribution < -0.4 is 10.6 Å². The van der Waals surface area contributed by atoms with Gasteiger partial charge in [-0.25, -0.2) is 4.68 Å². The van der Waals surface area contributed by atoms with Gasteiger partial charge in [-0.3, -0.25) is 9.59 Å². The number of nitrogens with one attached hydrogen (secondary N) is 2. The van der Waals surface area contributed by atoms with Crippen molar-refractivity contribution in [3.63, 3.8) is 0 Å². The molecule has 6 nitrogen and oxygen atoms in total. The number of benzene rings is 2. The Labute approximate surface area is 168 Å². The molecule has 2 aromatic carbocycles. The van der Waals surface area contributed by atoms with Crippen molar-refractivity contribution in [1.82, 2.24) is 15.1 Å². The van der Waals surface area contributed by atoms with Gasteiger partial charge in [-0.2, -0.15) is 5.10 Å². The topological polar surface area (TPSA) is 76.0 Å². The van der Waals surface area contributed by atoms with E-state index in [0.29, 0.717) is 16.9 Å². The monoisotopic (exact) mass is 384 g/mol. The quantitative estimate of drug-likeness (QED) is 0.664. The van der Waals surface area contributed by atoms with Crippen LogP contribution in [0.4, 0.5) is 5.69 Å². The van der Waals surface area contributed by atoms with Crippen LogP contribution in [-0.4, -0.2) is 28.1 Å². The Kier molecular flexibility index (Phi) is 5.12. The predicted octanol–water partition coefficient (Wildman–Crippen LogP) is 2.98. The molecule has 0 saturated carbocycles. The number of amides is 2. The molecule has 0 aliphatic heterocycles. The van der Waals surface area contributed by atoms with Crippen LogP contribution in [0.5, 0.6) is 0 Å². The molecule has 0 saturated heterocycles. The summed E-state index contributed by atoms with van der Waals surface area (Å²) in [6.07, 6.45) is 7.90. The standard InChI is InChI=1S/C23H20N4O2/c1-2-15-24-22(28)17-11-6-7-13-19(17)25-23(29)21-18-12-8-14-20(18)27(26-21)16-9-4-3-5-10-16/h1,3-7,9-11,13H,8,12,14-15H2,(H,24,28)(H,25,29). The van der Waals surface area contributed by atoms with Crippen molar-refractivity contribution in [2.24, 2.45) is 0 Å². The van der Waals surface area contributed by atoms with E-state index >= 15 is 0 Å². The third-order valence-electron chi connectivity index (χ3n) is 4.92. The maximum atomic E-state index is 13.1. The molecule has 0 radical (unpaired) electrons. The first kappa shape index (κ1) is 18.5. The first-order valence-corrected chi connectivity index (χ1v) is 9.47. The first-order valence-electron chi connectivity index (χ1n) is 9.47. The molecule has 4 rings (SSSR count). The number of rotatable bonds is 5. The van der Waals surface area contributed by atoms with Crippen LogP contribution in [0, 0.1) is 12.3 Å². The Hall–Kier alpha value is -3.85. The van der Waals surface area contributed by atoms with Gasteiger partial charge in [-0.1, -0.05) is 36.3 Å². The number of aromatic nitrogens is 2. The van der Waals surface area contributed by atoms with Crippen LogP contribution in [0.3, 0.4) is 0 Å². The van der Waals surface area contributed by atoms with Gasteiger partial charge in [0.15, 0.2) is 5.69 Å². The lowest BCUT2D eigenvalue weighted by atomic mass is 10.1. The SMILES string of the molecule is C#CCNC(=O)c1ccccc1NC(=O)c1nn(-c2ccccc2)c2c1CCC2. The molecule has 0 spiro atoms. The molecule has 144 valence electrons. The minimum Gasteiger partial charge on any atom is -0.341 e. The predicted molar refractivity (Wildman–Crippen MR) is 111 cm³/mol. The lowest BCUT2D eigenvalue weighted by Gasteiger charge is -2.10. The van der Waals surface area contributed by atoms with Crippen LogP contribution in [-0.2, 0) is 12.8 Å². The number of nitrogens with zero attached hydrogens (tertiary/aromatic N) is 2. The van der Waals surface area contributed by atoms with Crippen molar-refractivity contribution in [2.75, 3.05) is 11.9 Å². The highest BCUT2D eigenvalue weighted by Crippen LogP contribution is 2.28. The maximum Gasteiger partial charge on any atom is 0.276 e. The van der Waals surface area contributed by atoms with E-state index in [2.05, 4.69) is 21.7 Å². The van der Waals surface area contributed by atoms with E-state index < -0.39 is 0 Å². The van der Waals surface area contributed by atoms with Crippen LogP contribution in [0.15, 0.2) is 54.6 Å². The highest BCUT2D eigenvalue weighted by atomic mass is 16.2. The molecule has 1 aliphatic carbocycles. The highest BCUT2D eigenvalue weighted by molar-refractivity contribution is 6.09. The second kappa shape index (κ2) is 8.03. The van der Waals surface area contributed by atoms with E-state index in [4.69, 9.17) is 6.42 Å². The highest BCUT2D eigenvalue weighted by Gasteiger charge is 2.27. The Morgan fingerprint density at radius 1 is 1.03 bits per heavy atom. The summed E-state index contributed by atoms with van der Waals surface area (Å²) >= 11 is 0. The Morgan fingerprint density at radius 3 is 2.59 bits per heavy atom. The zero-order valence-corrected chi connectivity index (χ0v) is 15.8. The average molecular weight is 384 g/mol. The molecule has 1 heterocycles. The second-order valence-corrected chi connectivity index (χ2v) is 6.76. The smallest absolute Gasteiger partial charge is 0.276 e. The van der Waals surface area contributed by atoms with E-state index in [1.54, 1.807) is 24.3 Å². The number of anilines is 1. The third-order valence-corrected chi connectivity index (χ3v) is 4.92. The van der Waals surface area contributed by atoms with Crippen LogP contribution in [0.25, 0.3) is 5.69 Å². The van der Waals surface area contributed by atoms with Gasteiger partial charge in [0.25, 0.3) is 11.8 Å². The number of carbonyl (C=O) groups excluding carboxylic acids is 2.